The lowest BCUT2D eigenvalue weighted by atomic mass is 9.92. The molecule has 2 fully saturated rings. The molecule has 2 atom stereocenters. The average Bonchev–Trinajstić information content (AvgIpc) is 3.46. The number of carbonyl (C=O) groups excluding carboxylic acids is 3. The number of ether oxygens (including phenoxy) is 3. The Morgan fingerprint density at radius 2 is 1.89 bits per heavy atom. The predicted molar refractivity (Wildman–Crippen MR) is 128 cm³/mol. The maximum absolute atomic E-state index is 13.4. The number of amides is 4. The van der Waals surface area contributed by atoms with Crippen molar-refractivity contribution in [2.75, 3.05) is 33.9 Å². The quantitative estimate of drug-likeness (QED) is 0.553. The van der Waals surface area contributed by atoms with E-state index >= 15 is 0 Å². The Morgan fingerprint density at radius 3 is 2.54 bits per heavy atom. The Bertz CT molecular complexity index is 1080. The Hall–Kier alpha value is -3.59. The summed E-state index contributed by atoms with van der Waals surface area (Å²) in [5.41, 5.74) is 0.227. The number of methoxy groups -OCH3 is 2. The van der Waals surface area contributed by atoms with Crippen molar-refractivity contribution in [2.45, 2.75) is 38.0 Å². The van der Waals surface area contributed by atoms with E-state index in [1.807, 2.05) is 24.3 Å². The van der Waals surface area contributed by atoms with Crippen LogP contribution in [-0.4, -0.2) is 67.7 Å². The number of nitrogens with zero attached hydrogens (tertiary/aromatic N) is 2. The molecule has 4 rings (SSSR count). The highest BCUT2D eigenvalue weighted by Crippen LogP contribution is 2.30. The van der Waals surface area contributed by atoms with Crippen molar-refractivity contribution in [2.24, 2.45) is 0 Å². The third-order valence-corrected chi connectivity index (χ3v) is 6.54. The van der Waals surface area contributed by atoms with E-state index in [0.717, 1.165) is 23.3 Å². The summed E-state index contributed by atoms with van der Waals surface area (Å²) in [7, 11) is 3.15. The minimum atomic E-state index is -1.27. The number of urea groups is 1. The van der Waals surface area contributed by atoms with Gasteiger partial charge in [-0.25, -0.2) is 4.79 Å². The standard InChI is InChI=1S/C26H31N3O6/c1-26(19-9-11-20(33-2)12-10-19)24(31)29(25(32)27-26)17-23(30)28(16-22-8-5-13-35-22)15-18-6-4-7-21(14-18)34-3/h4,6-7,9-12,14,22H,5,8,13,15-17H2,1-3H3,(H,27,32). The maximum atomic E-state index is 13.4. The van der Waals surface area contributed by atoms with Gasteiger partial charge in [-0.1, -0.05) is 24.3 Å². The second-order valence-electron chi connectivity index (χ2n) is 8.94. The summed E-state index contributed by atoms with van der Waals surface area (Å²) in [6, 6.07) is 13.8. The highest BCUT2D eigenvalue weighted by Gasteiger charge is 2.49. The van der Waals surface area contributed by atoms with Crippen molar-refractivity contribution >= 4 is 17.8 Å². The number of carbonyl (C=O) groups is 3. The summed E-state index contributed by atoms with van der Waals surface area (Å²) in [6.45, 7) is 2.65. The van der Waals surface area contributed by atoms with Crippen LogP contribution in [0.15, 0.2) is 48.5 Å². The van der Waals surface area contributed by atoms with Crippen molar-refractivity contribution in [3.05, 3.63) is 59.7 Å². The molecule has 0 bridgehead atoms. The first-order valence-corrected chi connectivity index (χ1v) is 11.6. The van der Waals surface area contributed by atoms with Gasteiger partial charge in [-0.15, -0.1) is 0 Å². The van der Waals surface area contributed by atoms with E-state index in [1.54, 1.807) is 50.3 Å². The molecule has 186 valence electrons. The smallest absolute Gasteiger partial charge is 0.325 e. The molecule has 0 aromatic heterocycles. The van der Waals surface area contributed by atoms with Gasteiger partial charge >= 0.3 is 6.03 Å². The van der Waals surface area contributed by atoms with Crippen LogP contribution in [0.25, 0.3) is 0 Å². The first-order chi connectivity index (χ1) is 16.8. The Morgan fingerprint density at radius 1 is 1.14 bits per heavy atom. The lowest BCUT2D eigenvalue weighted by Crippen LogP contribution is -2.46. The summed E-state index contributed by atoms with van der Waals surface area (Å²) < 4.78 is 16.2. The molecule has 9 nitrogen and oxygen atoms in total. The molecule has 0 radical (unpaired) electrons. The zero-order valence-electron chi connectivity index (χ0n) is 20.3. The molecule has 4 amide bonds. The van der Waals surface area contributed by atoms with Crippen LogP contribution in [0.4, 0.5) is 4.79 Å². The van der Waals surface area contributed by atoms with Crippen LogP contribution in [-0.2, 0) is 26.4 Å². The zero-order chi connectivity index (χ0) is 25.0. The van der Waals surface area contributed by atoms with Crippen LogP contribution >= 0.6 is 0 Å². The molecule has 2 aliphatic heterocycles. The van der Waals surface area contributed by atoms with Crippen LogP contribution in [0, 0.1) is 0 Å². The average molecular weight is 482 g/mol. The molecule has 9 heteroatoms. The normalized spacial score (nSPS) is 21.7. The van der Waals surface area contributed by atoms with Crippen molar-refractivity contribution in [3.8, 4) is 11.5 Å². The molecule has 2 aromatic carbocycles. The van der Waals surface area contributed by atoms with Gasteiger partial charge in [-0.3, -0.25) is 14.5 Å². The van der Waals surface area contributed by atoms with E-state index in [9.17, 15) is 14.4 Å². The predicted octanol–water partition coefficient (Wildman–Crippen LogP) is 2.68. The summed E-state index contributed by atoms with van der Waals surface area (Å²) in [5.74, 6) is 0.533. The van der Waals surface area contributed by atoms with Crippen LogP contribution < -0.4 is 14.8 Å². The molecule has 0 spiro atoms. The van der Waals surface area contributed by atoms with Gasteiger partial charge < -0.3 is 24.4 Å². The lowest BCUT2D eigenvalue weighted by molar-refractivity contribution is -0.140. The first kappa shape index (κ1) is 24.5. The van der Waals surface area contributed by atoms with Crippen LogP contribution in [0.5, 0.6) is 11.5 Å². The highest BCUT2D eigenvalue weighted by atomic mass is 16.5. The fourth-order valence-electron chi connectivity index (χ4n) is 4.48. The van der Waals surface area contributed by atoms with E-state index in [2.05, 4.69) is 5.32 Å². The van der Waals surface area contributed by atoms with E-state index < -0.39 is 17.5 Å². The SMILES string of the molecule is COc1ccc(C2(C)NC(=O)N(CC(=O)N(Cc3cccc(OC)c3)CC3CCCO3)C2=O)cc1. The van der Waals surface area contributed by atoms with Gasteiger partial charge in [-0.05, 0) is 55.2 Å². The van der Waals surface area contributed by atoms with E-state index in [1.165, 1.54) is 0 Å². The molecule has 1 N–H and O–H groups in total. The molecule has 2 unspecified atom stereocenters. The van der Waals surface area contributed by atoms with E-state index in [-0.39, 0.29) is 18.6 Å². The van der Waals surface area contributed by atoms with Gasteiger partial charge in [0, 0.05) is 19.7 Å². The van der Waals surface area contributed by atoms with Gasteiger partial charge in [0.15, 0.2) is 0 Å². The van der Waals surface area contributed by atoms with Gasteiger partial charge in [0.25, 0.3) is 5.91 Å². The minimum Gasteiger partial charge on any atom is -0.497 e. The van der Waals surface area contributed by atoms with Crippen molar-refractivity contribution in [1.82, 2.24) is 15.1 Å². The summed E-state index contributed by atoms with van der Waals surface area (Å²) >= 11 is 0. The van der Waals surface area contributed by atoms with Crippen molar-refractivity contribution < 1.29 is 28.6 Å². The summed E-state index contributed by atoms with van der Waals surface area (Å²) in [4.78, 5) is 42.2. The zero-order valence-corrected chi connectivity index (χ0v) is 20.3. The Labute approximate surface area is 204 Å². The number of imide groups is 1. The lowest BCUT2D eigenvalue weighted by Gasteiger charge is -2.27. The number of hydrogen-bond acceptors (Lipinski definition) is 6. The highest BCUT2D eigenvalue weighted by molar-refractivity contribution is 6.09. The number of benzene rings is 2. The van der Waals surface area contributed by atoms with Crippen LogP contribution in [0.2, 0.25) is 0 Å². The maximum Gasteiger partial charge on any atom is 0.325 e. The fourth-order valence-corrected chi connectivity index (χ4v) is 4.48. The van der Waals surface area contributed by atoms with E-state index in [4.69, 9.17) is 14.2 Å². The topological polar surface area (TPSA) is 97.4 Å². The Kier molecular flexibility index (Phi) is 7.25. The Balaban J connectivity index is 1.51. The van der Waals surface area contributed by atoms with Crippen molar-refractivity contribution in [3.63, 3.8) is 0 Å². The third kappa shape index (κ3) is 5.24. The summed E-state index contributed by atoms with van der Waals surface area (Å²) in [5, 5.41) is 2.75. The summed E-state index contributed by atoms with van der Waals surface area (Å²) in [6.07, 6.45) is 1.73. The van der Waals surface area contributed by atoms with Crippen LogP contribution in [0.1, 0.15) is 30.9 Å². The molecule has 0 aliphatic carbocycles. The van der Waals surface area contributed by atoms with Crippen LogP contribution in [0.3, 0.4) is 0 Å². The largest absolute Gasteiger partial charge is 0.497 e. The van der Waals surface area contributed by atoms with Gasteiger partial charge in [-0.2, -0.15) is 0 Å². The molecule has 2 aliphatic rings. The number of nitrogens with one attached hydrogen (secondary N) is 1. The monoisotopic (exact) mass is 481 g/mol. The second kappa shape index (κ2) is 10.4. The van der Waals surface area contributed by atoms with E-state index in [0.29, 0.717) is 36.8 Å². The molecule has 35 heavy (non-hydrogen) atoms. The first-order valence-electron chi connectivity index (χ1n) is 11.6. The molecule has 0 saturated carbocycles. The van der Waals surface area contributed by atoms with Crippen molar-refractivity contribution in [1.29, 1.82) is 0 Å². The molecule has 2 heterocycles. The molecular formula is C26H31N3O6. The van der Waals surface area contributed by atoms with Gasteiger partial charge in [0.1, 0.15) is 23.6 Å². The molecule has 2 aromatic rings. The number of hydrogen-bond donors (Lipinski definition) is 1. The van der Waals surface area contributed by atoms with Gasteiger partial charge in [0.05, 0.1) is 20.3 Å². The number of rotatable bonds is 9. The molecular weight excluding hydrogens is 450 g/mol. The second-order valence-corrected chi connectivity index (χ2v) is 8.94. The molecule has 2 saturated heterocycles. The fraction of sp³-hybridized carbons (Fsp3) is 0.423. The third-order valence-electron chi connectivity index (χ3n) is 6.54. The van der Waals surface area contributed by atoms with Gasteiger partial charge in [0.2, 0.25) is 5.91 Å². The minimum absolute atomic E-state index is 0.0720.